The summed E-state index contributed by atoms with van der Waals surface area (Å²) in [4.78, 5) is 29.3. The summed E-state index contributed by atoms with van der Waals surface area (Å²) in [5.41, 5.74) is 2.89. The van der Waals surface area contributed by atoms with Gasteiger partial charge < -0.3 is 14.0 Å². The highest BCUT2D eigenvalue weighted by Crippen LogP contribution is 2.23. The molecule has 6 nitrogen and oxygen atoms in total. The third kappa shape index (κ3) is 5.56. The lowest BCUT2D eigenvalue weighted by Gasteiger charge is -2.09. The number of ether oxygens (including phenoxy) is 2. The summed E-state index contributed by atoms with van der Waals surface area (Å²) >= 11 is 0. The fraction of sp³-hybridized carbons (Fsp3) is 0.292. The van der Waals surface area contributed by atoms with Crippen LogP contribution in [-0.4, -0.2) is 28.1 Å². The van der Waals surface area contributed by atoms with Gasteiger partial charge in [0.15, 0.2) is 5.69 Å². The summed E-state index contributed by atoms with van der Waals surface area (Å²) in [5, 5.41) is 0. The molecular weight excluding hydrogens is 380 g/mol. The van der Waals surface area contributed by atoms with Gasteiger partial charge in [0.2, 0.25) is 0 Å². The van der Waals surface area contributed by atoms with E-state index in [1.807, 2.05) is 68.4 Å². The van der Waals surface area contributed by atoms with Gasteiger partial charge in [0, 0.05) is 11.8 Å². The van der Waals surface area contributed by atoms with E-state index in [4.69, 9.17) is 9.47 Å². The fourth-order valence-corrected chi connectivity index (χ4v) is 2.99. The second-order valence-corrected chi connectivity index (χ2v) is 7.03. The molecule has 156 valence electrons. The smallest absolute Gasteiger partial charge is 0.358 e. The minimum absolute atomic E-state index is 0.0215. The van der Waals surface area contributed by atoms with Crippen molar-refractivity contribution in [1.29, 1.82) is 0 Å². The van der Waals surface area contributed by atoms with Crippen molar-refractivity contribution >= 4 is 11.9 Å². The third-order valence-electron chi connectivity index (χ3n) is 4.64. The Morgan fingerprint density at radius 1 is 1.00 bits per heavy atom. The number of hydrogen-bond donors (Lipinski definition) is 0. The molecule has 0 N–H and O–H groups in total. The molecule has 1 heterocycles. The quantitative estimate of drug-likeness (QED) is 0.385. The lowest BCUT2D eigenvalue weighted by molar-refractivity contribution is -0.144. The Morgan fingerprint density at radius 3 is 2.47 bits per heavy atom. The normalized spacial score (nSPS) is 10.6. The van der Waals surface area contributed by atoms with Gasteiger partial charge in [-0.15, -0.1) is 0 Å². The van der Waals surface area contributed by atoms with E-state index < -0.39 is 5.97 Å². The first-order chi connectivity index (χ1) is 14.6. The molecule has 0 bridgehead atoms. The Hall–Kier alpha value is -3.41. The lowest BCUT2D eigenvalue weighted by Crippen LogP contribution is -2.14. The molecule has 0 fully saturated rings. The molecule has 0 aliphatic heterocycles. The van der Waals surface area contributed by atoms with E-state index in [1.54, 1.807) is 10.8 Å². The topological polar surface area (TPSA) is 70.4 Å². The van der Waals surface area contributed by atoms with Crippen LogP contribution in [0.15, 0.2) is 60.8 Å². The van der Waals surface area contributed by atoms with Crippen molar-refractivity contribution in [3.05, 3.63) is 77.6 Å². The molecule has 0 unspecified atom stereocenters. The number of aromatic nitrogens is 2. The molecule has 0 amide bonds. The van der Waals surface area contributed by atoms with Gasteiger partial charge in [-0.1, -0.05) is 67.9 Å². The van der Waals surface area contributed by atoms with E-state index >= 15 is 0 Å². The van der Waals surface area contributed by atoms with Gasteiger partial charge in [0.1, 0.15) is 19.0 Å². The molecule has 6 heteroatoms. The molecule has 0 saturated carbocycles. The third-order valence-corrected chi connectivity index (χ3v) is 4.64. The number of carbonyl (C=O) groups excluding carboxylic acids is 2. The summed E-state index contributed by atoms with van der Waals surface area (Å²) in [5.74, 6) is -0.362. The van der Waals surface area contributed by atoms with Gasteiger partial charge in [-0.2, -0.15) is 0 Å². The molecule has 30 heavy (non-hydrogen) atoms. The van der Waals surface area contributed by atoms with Crippen molar-refractivity contribution in [1.82, 2.24) is 9.55 Å². The SMILES string of the molecule is CCCCOC(=O)Cn1cc(C(=O)OCc2ccccc2)nc1-c1ccccc1C. The van der Waals surface area contributed by atoms with Crippen LogP contribution >= 0.6 is 0 Å². The van der Waals surface area contributed by atoms with E-state index in [0.29, 0.717) is 12.4 Å². The predicted molar refractivity (Wildman–Crippen MR) is 114 cm³/mol. The summed E-state index contributed by atoms with van der Waals surface area (Å²) in [6, 6.07) is 17.1. The van der Waals surface area contributed by atoms with Gasteiger partial charge in [-0.3, -0.25) is 4.79 Å². The number of benzene rings is 2. The lowest BCUT2D eigenvalue weighted by atomic mass is 10.1. The maximum atomic E-state index is 12.6. The zero-order valence-corrected chi connectivity index (χ0v) is 17.3. The van der Waals surface area contributed by atoms with Crippen LogP contribution in [0.3, 0.4) is 0 Å². The van der Waals surface area contributed by atoms with Crippen LogP contribution in [0.25, 0.3) is 11.4 Å². The van der Waals surface area contributed by atoms with Crippen molar-refractivity contribution in [2.24, 2.45) is 0 Å². The predicted octanol–water partition coefficient (Wildman–Crippen LogP) is 4.56. The standard InChI is InChI=1S/C24H26N2O4/c1-3-4-14-29-22(27)16-26-15-21(24(28)30-17-19-11-6-5-7-12-19)25-23(26)20-13-9-8-10-18(20)2/h5-13,15H,3-4,14,16-17H2,1-2H3. The van der Waals surface area contributed by atoms with E-state index in [9.17, 15) is 9.59 Å². The number of nitrogens with zero attached hydrogens (tertiary/aromatic N) is 2. The molecule has 0 saturated heterocycles. The van der Waals surface area contributed by atoms with E-state index in [2.05, 4.69) is 4.98 Å². The number of rotatable bonds is 9. The monoisotopic (exact) mass is 406 g/mol. The van der Waals surface area contributed by atoms with E-state index in [-0.39, 0.29) is 24.8 Å². The van der Waals surface area contributed by atoms with Crippen LogP contribution in [0.1, 0.15) is 41.4 Å². The first-order valence-corrected chi connectivity index (χ1v) is 10.1. The van der Waals surface area contributed by atoms with E-state index in [0.717, 1.165) is 29.5 Å². The Bertz CT molecular complexity index is 995. The van der Waals surface area contributed by atoms with Gasteiger partial charge in [0.05, 0.1) is 6.61 Å². The first kappa shape index (κ1) is 21.3. The van der Waals surface area contributed by atoms with Crippen molar-refractivity contribution in [3.63, 3.8) is 0 Å². The maximum absolute atomic E-state index is 12.6. The molecule has 0 aliphatic carbocycles. The maximum Gasteiger partial charge on any atom is 0.358 e. The summed E-state index contributed by atoms with van der Waals surface area (Å²) in [7, 11) is 0. The Kier molecular flexibility index (Phi) is 7.38. The summed E-state index contributed by atoms with van der Waals surface area (Å²) < 4.78 is 12.3. The largest absolute Gasteiger partial charge is 0.464 e. The van der Waals surface area contributed by atoms with Gasteiger partial charge in [-0.25, -0.2) is 9.78 Å². The Labute approximate surface area is 176 Å². The molecular formula is C24H26N2O4. The summed E-state index contributed by atoms with van der Waals surface area (Å²) in [6.07, 6.45) is 3.32. The number of imidazole rings is 1. The van der Waals surface area contributed by atoms with Gasteiger partial charge in [0.25, 0.3) is 0 Å². The molecule has 0 atom stereocenters. The van der Waals surface area contributed by atoms with Gasteiger partial charge >= 0.3 is 11.9 Å². The number of aryl methyl sites for hydroxylation is 1. The molecule has 3 aromatic rings. The van der Waals surface area contributed by atoms with Crippen LogP contribution in [0.5, 0.6) is 0 Å². The highest BCUT2D eigenvalue weighted by atomic mass is 16.5. The molecule has 3 rings (SSSR count). The number of hydrogen-bond acceptors (Lipinski definition) is 5. The average Bonchev–Trinajstić information content (AvgIpc) is 3.17. The van der Waals surface area contributed by atoms with Crippen LogP contribution in [0, 0.1) is 6.92 Å². The molecule has 1 aromatic heterocycles. The summed E-state index contributed by atoms with van der Waals surface area (Å²) in [6.45, 7) is 4.52. The Morgan fingerprint density at radius 2 is 1.73 bits per heavy atom. The minimum atomic E-state index is -0.535. The minimum Gasteiger partial charge on any atom is -0.464 e. The van der Waals surface area contributed by atoms with Crippen LogP contribution in [-0.2, 0) is 27.4 Å². The van der Waals surface area contributed by atoms with Crippen LogP contribution in [0.2, 0.25) is 0 Å². The van der Waals surface area contributed by atoms with Crippen LogP contribution < -0.4 is 0 Å². The fourth-order valence-electron chi connectivity index (χ4n) is 2.99. The highest BCUT2D eigenvalue weighted by molar-refractivity contribution is 5.88. The number of carbonyl (C=O) groups is 2. The molecule has 0 aliphatic rings. The zero-order chi connectivity index (χ0) is 21.3. The Balaban J connectivity index is 1.81. The van der Waals surface area contributed by atoms with Crippen molar-refractivity contribution in [2.45, 2.75) is 39.8 Å². The van der Waals surface area contributed by atoms with Crippen molar-refractivity contribution < 1.29 is 19.1 Å². The second kappa shape index (κ2) is 10.4. The van der Waals surface area contributed by atoms with Gasteiger partial charge in [-0.05, 0) is 24.5 Å². The van der Waals surface area contributed by atoms with Crippen LogP contribution in [0.4, 0.5) is 0 Å². The zero-order valence-electron chi connectivity index (χ0n) is 17.3. The average molecular weight is 406 g/mol. The number of unbranched alkanes of at least 4 members (excludes halogenated alkanes) is 1. The van der Waals surface area contributed by atoms with Crippen molar-refractivity contribution in [2.75, 3.05) is 6.61 Å². The van der Waals surface area contributed by atoms with E-state index in [1.165, 1.54) is 0 Å². The molecule has 0 spiro atoms. The second-order valence-electron chi connectivity index (χ2n) is 7.03. The molecule has 2 aromatic carbocycles. The highest BCUT2D eigenvalue weighted by Gasteiger charge is 2.20. The van der Waals surface area contributed by atoms with Crippen molar-refractivity contribution in [3.8, 4) is 11.4 Å². The number of esters is 2. The molecule has 0 radical (unpaired) electrons. The first-order valence-electron chi connectivity index (χ1n) is 10.1.